The Hall–Kier alpha value is -1.92. The van der Waals surface area contributed by atoms with E-state index in [1.807, 2.05) is 42.5 Å². The van der Waals surface area contributed by atoms with Crippen LogP contribution >= 0.6 is 0 Å². The lowest BCUT2D eigenvalue weighted by atomic mass is 9.81. The molecule has 2 atom stereocenters. The monoisotopic (exact) mass is 359 g/mol. The van der Waals surface area contributed by atoms with Crippen LogP contribution in [0.25, 0.3) is 10.8 Å². The van der Waals surface area contributed by atoms with Crippen LogP contribution in [0, 0.1) is 11.3 Å². The Morgan fingerprint density at radius 3 is 2.68 bits per heavy atom. The molecule has 0 radical (unpaired) electrons. The molecule has 1 N–H and O–H groups in total. The first-order valence-electron chi connectivity index (χ1n) is 8.60. The smallest absolute Gasteiger partial charge is 0.311 e. The third kappa shape index (κ3) is 2.73. The number of hydrogen-bond donors (Lipinski definition) is 1. The number of benzene rings is 2. The SMILES string of the molecule is O=C(O)[C@@]12CCC[C@H]1CN(S(=O)(=O)Cc1ccc3ccccc3c1)C2. The molecule has 2 aromatic rings. The molecule has 25 heavy (non-hydrogen) atoms. The number of aliphatic carboxylic acids is 1. The van der Waals surface area contributed by atoms with Crippen LogP contribution in [0.4, 0.5) is 0 Å². The zero-order valence-electron chi connectivity index (χ0n) is 13.9. The number of rotatable bonds is 4. The Kier molecular flexibility index (Phi) is 3.85. The van der Waals surface area contributed by atoms with E-state index < -0.39 is 21.4 Å². The lowest BCUT2D eigenvalue weighted by Gasteiger charge is -2.23. The zero-order valence-corrected chi connectivity index (χ0v) is 14.7. The van der Waals surface area contributed by atoms with E-state index in [9.17, 15) is 18.3 Å². The summed E-state index contributed by atoms with van der Waals surface area (Å²) < 4.78 is 27.1. The van der Waals surface area contributed by atoms with Gasteiger partial charge >= 0.3 is 5.97 Å². The fourth-order valence-corrected chi connectivity index (χ4v) is 6.05. The van der Waals surface area contributed by atoms with Gasteiger partial charge in [0.2, 0.25) is 10.0 Å². The van der Waals surface area contributed by atoms with Gasteiger partial charge in [-0.2, -0.15) is 0 Å². The second-order valence-electron chi connectivity index (χ2n) is 7.28. The van der Waals surface area contributed by atoms with Gasteiger partial charge in [-0.15, -0.1) is 0 Å². The van der Waals surface area contributed by atoms with Gasteiger partial charge in [-0.3, -0.25) is 4.79 Å². The number of carbonyl (C=O) groups is 1. The molecule has 0 amide bonds. The van der Waals surface area contributed by atoms with E-state index in [0.717, 1.165) is 29.2 Å². The standard InChI is InChI=1S/C19H21NO4S/c21-18(22)19-9-3-6-17(19)11-20(13-19)25(23,24)12-14-7-8-15-4-1-2-5-16(15)10-14/h1-2,4-5,7-8,10,17H,3,6,9,11-13H2,(H,21,22)/t17-,19+/m0/s1. The summed E-state index contributed by atoms with van der Waals surface area (Å²) in [6.45, 7) is 0.450. The van der Waals surface area contributed by atoms with Gasteiger partial charge in [-0.05, 0) is 35.1 Å². The number of sulfonamides is 1. The first-order valence-corrected chi connectivity index (χ1v) is 10.2. The van der Waals surface area contributed by atoms with Crippen molar-refractivity contribution in [2.45, 2.75) is 25.0 Å². The summed E-state index contributed by atoms with van der Waals surface area (Å²) in [6.07, 6.45) is 2.25. The molecule has 2 fully saturated rings. The van der Waals surface area contributed by atoms with Gasteiger partial charge < -0.3 is 5.11 Å². The van der Waals surface area contributed by atoms with Crippen molar-refractivity contribution in [3.63, 3.8) is 0 Å². The highest BCUT2D eigenvalue weighted by molar-refractivity contribution is 7.88. The molecule has 0 bridgehead atoms. The molecule has 1 heterocycles. The van der Waals surface area contributed by atoms with Crippen molar-refractivity contribution in [1.82, 2.24) is 4.31 Å². The highest BCUT2D eigenvalue weighted by atomic mass is 32.2. The molecule has 2 aliphatic rings. The predicted octanol–water partition coefficient (Wildman–Crippen LogP) is 2.86. The predicted molar refractivity (Wildman–Crippen MR) is 95.6 cm³/mol. The van der Waals surface area contributed by atoms with E-state index in [0.29, 0.717) is 13.0 Å². The fourth-order valence-electron chi connectivity index (χ4n) is 4.44. The Morgan fingerprint density at radius 1 is 1.20 bits per heavy atom. The Morgan fingerprint density at radius 2 is 1.96 bits per heavy atom. The van der Waals surface area contributed by atoms with E-state index in [2.05, 4.69) is 0 Å². The van der Waals surface area contributed by atoms with Gasteiger partial charge in [-0.1, -0.05) is 48.9 Å². The molecule has 0 aromatic heterocycles. The number of nitrogens with zero attached hydrogens (tertiary/aromatic N) is 1. The van der Waals surface area contributed by atoms with Crippen molar-refractivity contribution < 1.29 is 18.3 Å². The average molecular weight is 359 g/mol. The molecule has 2 aromatic carbocycles. The van der Waals surface area contributed by atoms with Gasteiger partial charge in [0.05, 0.1) is 11.2 Å². The highest BCUT2D eigenvalue weighted by Crippen LogP contribution is 2.49. The van der Waals surface area contributed by atoms with Crippen LogP contribution in [0.1, 0.15) is 24.8 Å². The molecule has 132 valence electrons. The van der Waals surface area contributed by atoms with Crippen molar-refractivity contribution in [2.75, 3.05) is 13.1 Å². The zero-order chi connectivity index (χ0) is 17.7. The van der Waals surface area contributed by atoms with Crippen molar-refractivity contribution in [3.8, 4) is 0 Å². The van der Waals surface area contributed by atoms with Crippen molar-refractivity contribution >= 4 is 26.8 Å². The molecular weight excluding hydrogens is 338 g/mol. The quantitative estimate of drug-likeness (QED) is 0.911. The van der Waals surface area contributed by atoms with Crippen LogP contribution in [-0.4, -0.2) is 36.9 Å². The van der Waals surface area contributed by atoms with Crippen LogP contribution in [0.3, 0.4) is 0 Å². The number of carboxylic acids is 1. The van der Waals surface area contributed by atoms with Gasteiger partial charge in [-0.25, -0.2) is 12.7 Å². The summed E-state index contributed by atoms with van der Waals surface area (Å²) >= 11 is 0. The largest absolute Gasteiger partial charge is 0.481 e. The summed E-state index contributed by atoms with van der Waals surface area (Å²) in [5, 5.41) is 11.7. The van der Waals surface area contributed by atoms with E-state index in [4.69, 9.17) is 0 Å². The minimum Gasteiger partial charge on any atom is -0.481 e. The summed E-state index contributed by atoms with van der Waals surface area (Å²) in [6, 6.07) is 13.5. The molecule has 0 spiro atoms. The molecule has 4 rings (SSSR count). The number of hydrogen-bond acceptors (Lipinski definition) is 3. The molecule has 1 aliphatic heterocycles. The second-order valence-corrected chi connectivity index (χ2v) is 9.25. The molecule has 1 aliphatic carbocycles. The summed E-state index contributed by atoms with van der Waals surface area (Å²) in [5.74, 6) is -0.991. The normalized spacial score (nSPS) is 26.8. The number of fused-ring (bicyclic) bond motifs is 2. The molecule has 5 nitrogen and oxygen atoms in total. The van der Waals surface area contributed by atoms with Crippen molar-refractivity contribution in [3.05, 3.63) is 48.0 Å². The van der Waals surface area contributed by atoms with Gasteiger partial charge in [0, 0.05) is 13.1 Å². The first kappa shape index (κ1) is 16.5. The lowest BCUT2D eigenvalue weighted by Crippen LogP contribution is -2.37. The minimum atomic E-state index is -3.53. The van der Waals surface area contributed by atoms with Crippen LogP contribution in [0.5, 0.6) is 0 Å². The van der Waals surface area contributed by atoms with E-state index in [1.165, 1.54) is 4.31 Å². The Labute approximate surface area is 147 Å². The third-order valence-electron chi connectivity index (χ3n) is 5.82. The number of carboxylic acid groups (broad SMARTS) is 1. The van der Waals surface area contributed by atoms with Crippen LogP contribution < -0.4 is 0 Å². The van der Waals surface area contributed by atoms with Crippen LogP contribution in [0.15, 0.2) is 42.5 Å². The van der Waals surface area contributed by atoms with Gasteiger partial charge in [0.15, 0.2) is 0 Å². The summed E-state index contributed by atoms with van der Waals surface area (Å²) in [4.78, 5) is 11.8. The molecule has 1 saturated heterocycles. The molecule has 0 unspecified atom stereocenters. The Bertz CT molecular complexity index is 939. The topological polar surface area (TPSA) is 74.7 Å². The average Bonchev–Trinajstić information content (AvgIpc) is 3.13. The molecule has 6 heteroatoms. The van der Waals surface area contributed by atoms with Crippen molar-refractivity contribution in [2.24, 2.45) is 11.3 Å². The van der Waals surface area contributed by atoms with Gasteiger partial charge in [0.25, 0.3) is 0 Å². The fraction of sp³-hybridized carbons (Fsp3) is 0.421. The maximum Gasteiger partial charge on any atom is 0.311 e. The third-order valence-corrected chi connectivity index (χ3v) is 7.58. The first-order chi connectivity index (χ1) is 11.9. The maximum absolute atomic E-state index is 12.9. The van der Waals surface area contributed by atoms with E-state index in [1.54, 1.807) is 0 Å². The second kappa shape index (κ2) is 5.81. The maximum atomic E-state index is 12.9. The minimum absolute atomic E-state index is 0.0589. The molecule has 1 saturated carbocycles. The van der Waals surface area contributed by atoms with Crippen LogP contribution in [0.2, 0.25) is 0 Å². The summed E-state index contributed by atoms with van der Waals surface area (Å²) in [5.41, 5.74) is -0.142. The molecular formula is C19H21NO4S. The van der Waals surface area contributed by atoms with E-state index in [-0.39, 0.29) is 18.2 Å². The van der Waals surface area contributed by atoms with Crippen molar-refractivity contribution in [1.29, 1.82) is 0 Å². The summed E-state index contributed by atoms with van der Waals surface area (Å²) in [7, 11) is -3.53. The van der Waals surface area contributed by atoms with Crippen LogP contribution in [-0.2, 0) is 20.6 Å². The Balaban J connectivity index is 1.58. The van der Waals surface area contributed by atoms with E-state index >= 15 is 0 Å². The van der Waals surface area contributed by atoms with Gasteiger partial charge in [0.1, 0.15) is 0 Å². The highest BCUT2D eigenvalue weighted by Gasteiger charge is 2.56. The lowest BCUT2D eigenvalue weighted by molar-refractivity contribution is -0.149.